The number of ether oxygens (including phenoxy) is 1. The van der Waals surface area contributed by atoms with Crippen molar-refractivity contribution in [3.8, 4) is 11.8 Å². The van der Waals surface area contributed by atoms with Gasteiger partial charge in [-0.3, -0.25) is 4.57 Å². The van der Waals surface area contributed by atoms with Gasteiger partial charge in [-0.05, 0) is 57.3 Å². The molecular weight excluding hydrogens is 508 g/mol. The van der Waals surface area contributed by atoms with Crippen LogP contribution in [0.25, 0.3) is 11.0 Å². The van der Waals surface area contributed by atoms with Gasteiger partial charge < -0.3 is 19.0 Å². The van der Waals surface area contributed by atoms with Gasteiger partial charge in [0.1, 0.15) is 11.3 Å². The highest BCUT2D eigenvalue weighted by atomic mass is 32.2. The first-order valence-corrected chi connectivity index (χ1v) is 13.9. The molecule has 11 nitrogen and oxygen atoms in total. The van der Waals surface area contributed by atoms with Crippen LogP contribution in [0.4, 0.5) is 5.69 Å². The Kier molecular flexibility index (Phi) is 7.19. The molecule has 0 bridgehead atoms. The van der Waals surface area contributed by atoms with Gasteiger partial charge in [0.25, 0.3) is 0 Å². The van der Waals surface area contributed by atoms with Crippen LogP contribution >= 0.6 is 0 Å². The minimum atomic E-state index is -3.91. The highest BCUT2D eigenvalue weighted by molar-refractivity contribution is 7.89. The SMILES string of the molecule is CCn1c(Oc2cccc(N3CCN(C)CC3)c2)nnc1[C@@H](C)NS(=O)(=O)c1ccc2oc(=O)ccc2c1. The third-order valence-corrected chi connectivity index (χ3v) is 8.12. The van der Waals surface area contributed by atoms with Crippen LogP contribution in [-0.2, 0) is 16.6 Å². The largest absolute Gasteiger partial charge is 0.424 e. The molecule has 200 valence electrons. The van der Waals surface area contributed by atoms with Crippen molar-refractivity contribution >= 4 is 26.7 Å². The number of piperazine rings is 1. The van der Waals surface area contributed by atoms with Crippen LogP contribution in [0.15, 0.2) is 68.7 Å². The van der Waals surface area contributed by atoms with Gasteiger partial charge in [0.2, 0.25) is 10.0 Å². The lowest BCUT2D eigenvalue weighted by atomic mass is 10.2. The van der Waals surface area contributed by atoms with E-state index in [2.05, 4.69) is 37.8 Å². The smallest absolute Gasteiger partial charge is 0.336 e. The number of benzene rings is 2. The Morgan fingerprint density at radius 1 is 1.05 bits per heavy atom. The molecule has 0 spiro atoms. The summed E-state index contributed by atoms with van der Waals surface area (Å²) in [6.07, 6.45) is 0. The molecule has 0 saturated carbocycles. The molecule has 0 unspecified atom stereocenters. The van der Waals surface area contributed by atoms with Crippen LogP contribution in [0.2, 0.25) is 0 Å². The second-order valence-electron chi connectivity index (χ2n) is 9.27. The lowest BCUT2D eigenvalue weighted by Gasteiger charge is -2.34. The van der Waals surface area contributed by atoms with E-state index in [9.17, 15) is 13.2 Å². The Hall–Kier alpha value is -3.74. The van der Waals surface area contributed by atoms with Crippen molar-refractivity contribution in [3.63, 3.8) is 0 Å². The Morgan fingerprint density at radius 3 is 2.61 bits per heavy atom. The predicted molar refractivity (Wildman–Crippen MR) is 143 cm³/mol. The number of anilines is 1. The molecule has 1 aliphatic rings. The Balaban J connectivity index is 1.33. The van der Waals surface area contributed by atoms with E-state index in [-0.39, 0.29) is 10.9 Å². The Labute approximate surface area is 220 Å². The van der Waals surface area contributed by atoms with Crippen molar-refractivity contribution in [2.45, 2.75) is 31.3 Å². The van der Waals surface area contributed by atoms with E-state index in [1.165, 1.54) is 30.3 Å². The number of fused-ring (bicyclic) bond motifs is 1. The number of sulfonamides is 1. The highest BCUT2D eigenvalue weighted by Gasteiger charge is 2.25. The van der Waals surface area contributed by atoms with Crippen molar-refractivity contribution in [3.05, 3.63) is 70.8 Å². The van der Waals surface area contributed by atoms with Crippen LogP contribution in [0.5, 0.6) is 11.8 Å². The maximum absolute atomic E-state index is 13.1. The number of aromatic nitrogens is 3. The van der Waals surface area contributed by atoms with Gasteiger partial charge in [0.05, 0.1) is 10.9 Å². The maximum Gasteiger partial charge on any atom is 0.336 e. The standard InChI is InChI=1S/C26H30N6O5S/c1-4-32-25(18(2)29-38(34,35)22-9-10-23-19(16-22)8-11-24(33)37-23)27-28-26(32)36-21-7-5-6-20(17-21)31-14-12-30(3)13-15-31/h5-11,16-18,29H,4,12-15H2,1-3H3/t18-/m1/s1. The molecule has 0 amide bonds. The second-order valence-corrected chi connectivity index (χ2v) is 11.0. The van der Waals surface area contributed by atoms with E-state index in [4.69, 9.17) is 9.15 Å². The lowest BCUT2D eigenvalue weighted by Crippen LogP contribution is -2.44. The summed E-state index contributed by atoms with van der Waals surface area (Å²) in [5, 5.41) is 8.94. The number of nitrogens with zero attached hydrogens (tertiary/aromatic N) is 5. The first kappa shape index (κ1) is 25.9. The predicted octanol–water partition coefficient (Wildman–Crippen LogP) is 2.99. The number of rotatable bonds is 8. The van der Waals surface area contributed by atoms with E-state index in [1.807, 2.05) is 25.1 Å². The molecule has 0 radical (unpaired) electrons. The molecule has 12 heteroatoms. The maximum atomic E-state index is 13.1. The summed E-state index contributed by atoms with van der Waals surface area (Å²) in [6, 6.07) is 14.5. The van der Waals surface area contributed by atoms with Gasteiger partial charge in [-0.25, -0.2) is 17.9 Å². The molecule has 1 fully saturated rings. The first-order chi connectivity index (χ1) is 18.2. The topological polar surface area (TPSA) is 123 Å². The molecule has 1 saturated heterocycles. The van der Waals surface area contributed by atoms with Gasteiger partial charge in [0, 0.05) is 55.9 Å². The normalized spacial score (nSPS) is 15.6. The van der Waals surface area contributed by atoms with E-state index >= 15 is 0 Å². The molecule has 5 rings (SSSR count). The van der Waals surface area contributed by atoms with Crippen LogP contribution < -0.4 is 20.0 Å². The summed E-state index contributed by atoms with van der Waals surface area (Å²) in [7, 11) is -1.79. The quantitative estimate of drug-likeness (QED) is 0.337. The number of hydrogen-bond acceptors (Lipinski definition) is 9. The summed E-state index contributed by atoms with van der Waals surface area (Å²) < 4.78 is 41.9. The van der Waals surface area contributed by atoms with E-state index < -0.39 is 21.7 Å². The molecule has 0 aliphatic carbocycles. The average molecular weight is 539 g/mol. The zero-order valence-corrected chi connectivity index (χ0v) is 22.3. The summed E-state index contributed by atoms with van der Waals surface area (Å²) in [5.74, 6) is 1.05. The molecule has 1 aliphatic heterocycles. The number of likely N-dealkylation sites (N-methyl/N-ethyl adjacent to an activating group) is 1. The third kappa shape index (κ3) is 5.42. The Morgan fingerprint density at radius 2 is 1.84 bits per heavy atom. The first-order valence-electron chi connectivity index (χ1n) is 12.4. The Bertz CT molecular complexity index is 1610. The summed E-state index contributed by atoms with van der Waals surface area (Å²) in [5.41, 5.74) is 0.894. The zero-order valence-electron chi connectivity index (χ0n) is 21.5. The van der Waals surface area contributed by atoms with Crippen molar-refractivity contribution in [2.24, 2.45) is 0 Å². The zero-order chi connectivity index (χ0) is 26.9. The summed E-state index contributed by atoms with van der Waals surface area (Å²) in [4.78, 5) is 16.1. The minimum Gasteiger partial charge on any atom is -0.424 e. The van der Waals surface area contributed by atoms with Crippen molar-refractivity contribution < 1.29 is 17.6 Å². The van der Waals surface area contributed by atoms with E-state index in [0.29, 0.717) is 29.1 Å². The van der Waals surface area contributed by atoms with Crippen molar-refractivity contribution in [2.75, 3.05) is 38.1 Å². The number of hydrogen-bond donors (Lipinski definition) is 1. The van der Waals surface area contributed by atoms with E-state index in [0.717, 1.165) is 31.9 Å². The van der Waals surface area contributed by atoms with Gasteiger partial charge in [0.15, 0.2) is 5.82 Å². The second kappa shape index (κ2) is 10.6. The van der Waals surface area contributed by atoms with Crippen LogP contribution in [0.3, 0.4) is 0 Å². The van der Waals surface area contributed by atoms with Gasteiger partial charge in [-0.2, -0.15) is 0 Å². The fourth-order valence-corrected chi connectivity index (χ4v) is 5.71. The molecule has 38 heavy (non-hydrogen) atoms. The highest BCUT2D eigenvalue weighted by Crippen LogP contribution is 2.28. The fourth-order valence-electron chi connectivity index (χ4n) is 4.48. The molecule has 1 atom stereocenters. The number of nitrogens with one attached hydrogen (secondary N) is 1. The minimum absolute atomic E-state index is 0.0467. The van der Waals surface area contributed by atoms with Crippen LogP contribution in [0, 0.1) is 0 Å². The van der Waals surface area contributed by atoms with Crippen molar-refractivity contribution in [1.29, 1.82) is 0 Å². The van der Waals surface area contributed by atoms with Crippen LogP contribution in [-0.4, -0.2) is 61.3 Å². The van der Waals surface area contributed by atoms with Crippen molar-refractivity contribution in [1.82, 2.24) is 24.4 Å². The fraction of sp³-hybridized carbons (Fsp3) is 0.346. The third-order valence-electron chi connectivity index (χ3n) is 6.58. The molecule has 4 aromatic rings. The monoisotopic (exact) mass is 538 g/mol. The van der Waals surface area contributed by atoms with E-state index in [1.54, 1.807) is 11.5 Å². The lowest BCUT2D eigenvalue weighted by molar-refractivity contribution is 0.312. The molecule has 2 aromatic carbocycles. The molecular formula is C26H30N6O5S. The average Bonchev–Trinajstić information content (AvgIpc) is 3.31. The summed E-state index contributed by atoms with van der Waals surface area (Å²) in [6.45, 7) is 7.99. The van der Waals surface area contributed by atoms with Gasteiger partial charge in [-0.15, -0.1) is 5.10 Å². The van der Waals surface area contributed by atoms with Gasteiger partial charge >= 0.3 is 11.6 Å². The molecule has 1 N–H and O–H groups in total. The van der Waals surface area contributed by atoms with Crippen LogP contribution in [0.1, 0.15) is 25.7 Å². The molecule has 3 heterocycles. The summed E-state index contributed by atoms with van der Waals surface area (Å²) >= 11 is 0. The molecule has 2 aromatic heterocycles. The van der Waals surface area contributed by atoms with Gasteiger partial charge in [-0.1, -0.05) is 11.2 Å².